The van der Waals surface area contributed by atoms with Crippen molar-refractivity contribution >= 4 is 29.3 Å². The number of ether oxygens (including phenoxy) is 4. The maximum atomic E-state index is 13.2. The van der Waals surface area contributed by atoms with Crippen molar-refractivity contribution in [2.24, 2.45) is 0 Å². The van der Waals surface area contributed by atoms with E-state index in [1.54, 1.807) is 18.1 Å². The van der Waals surface area contributed by atoms with Gasteiger partial charge in [-0.2, -0.15) is 0 Å². The number of aryl methyl sites for hydroxylation is 1. The number of methoxy groups -OCH3 is 1. The molecule has 210 valence electrons. The van der Waals surface area contributed by atoms with Gasteiger partial charge >= 0.3 is 0 Å². The van der Waals surface area contributed by atoms with Gasteiger partial charge in [-0.05, 0) is 98.1 Å². The number of thiocarbonyl (C=S) groups is 1. The van der Waals surface area contributed by atoms with Crippen LogP contribution in [0.3, 0.4) is 0 Å². The molecule has 40 heavy (non-hydrogen) atoms. The molecule has 1 amide bonds. The molecule has 1 fully saturated rings. The Morgan fingerprint density at radius 3 is 2.25 bits per heavy atom. The van der Waals surface area contributed by atoms with E-state index in [9.17, 15) is 4.79 Å². The summed E-state index contributed by atoms with van der Waals surface area (Å²) < 4.78 is 22.9. The van der Waals surface area contributed by atoms with Gasteiger partial charge in [0.2, 0.25) is 0 Å². The van der Waals surface area contributed by atoms with Crippen LogP contribution >= 0.6 is 12.2 Å². The summed E-state index contributed by atoms with van der Waals surface area (Å²) in [4.78, 5) is 14.8. The average molecular weight is 561 g/mol. The van der Waals surface area contributed by atoms with Gasteiger partial charge < -0.3 is 24.3 Å². The van der Waals surface area contributed by atoms with Crippen LogP contribution in [-0.4, -0.2) is 42.8 Å². The molecule has 8 heteroatoms. The molecule has 1 aliphatic rings. The molecule has 0 aromatic heterocycles. The first-order valence-electron chi connectivity index (χ1n) is 13.6. The number of amides is 1. The lowest BCUT2D eigenvalue weighted by Crippen LogP contribution is -2.32. The standard InChI is InChI=1S/C32H36N2O5S/c1-5-22-8-12-26(13-9-22)39-21-25-18-24(11-14-28(25)36-4)19-27-31(35)34(32(40)33-27)17-16-23-10-15-29(37-6-2)30(20-23)38-7-3/h8-15,18-20H,5-7,16-17,21H2,1-4H3,(H,33,40)/b27-19+. The summed E-state index contributed by atoms with van der Waals surface area (Å²) in [7, 11) is 1.63. The SMILES string of the molecule is CCOc1ccc(CCN2C(=O)/C(=C\c3ccc(OC)c(COc4ccc(CC)cc4)c3)NC2=S)cc1OCC. The van der Waals surface area contributed by atoms with Crippen LogP contribution in [0.1, 0.15) is 43.0 Å². The van der Waals surface area contributed by atoms with Crippen LogP contribution < -0.4 is 24.3 Å². The maximum absolute atomic E-state index is 13.2. The molecule has 0 unspecified atom stereocenters. The Morgan fingerprint density at radius 1 is 0.850 bits per heavy atom. The van der Waals surface area contributed by atoms with Crippen LogP contribution in [0, 0.1) is 0 Å². The first kappa shape index (κ1) is 29.0. The van der Waals surface area contributed by atoms with Gasteiger partial charge in [-0.1, -0.05) is 31.2 Å². The van der Waals surface area contributed by atoms with E-state index in [0.717, 1.165) is 34.6 Å². The highest BCUT2D eigenvalue weighted by Crippen LogP contribution is 2.29. The zero-order chi connectivity index (χ0) is 28.5. The molecule has 0 aliphatic carbocycles. The van der Waals surface area contributed by atoms with Gasteiger partial charge in [0, 0.05) is 12.1 Å². The molecule has 7 nitrogen and oxygen atoms in total. The second kappa shape index (κ2) is 13.8. The van der Waals surface area contributed by atoms with Crippen molar-refractivity contribution in [3.63, 3.8) is 0 Å². The molecule has 1 saturated heterocycles. The number of nitrogens with one attached hydrogen (secondary N) is 1. The molecule has 1 heterocycles. The van der Waals surface area contributed by atoms with E-state index in [2.05, 4.69) is 24.4 Å². The quantitative estimate of drug-likeness (QED) is 0.205. The Morgan fingerprint density at radius 2 is 1.55 bits per heavy atom. The van der Waals surface area contributed by atoms with E-state index >= 15 is 0 Å². The number of carbonyl (C=O) groups is 1. The van der Waals surface area contributed by atoms with Crippen molar-refractivity contribution in [3.05, 3.63) is 88.6 Å². The summed E-state index contributed by atoms with van der Waals surface area (Å²) in [5.41, 5.74) is 4.44. The smallest absolute Gasteiger partial charge is 0.276 e. The predicted molar refractivity (Wildman–Crippen MR) is 161 cm³/mol. The Balaban J connectivity index is 1.44. The summed E-state index contributed by atoms with van der Waals surface area (Å²) in [6, 6.07) is 19.7. The fourth-order valence-electron chi connectivity index (χ4n) is 4.42. The van der Waals surface area contributed by atoms with Gasteiger partial charge in [0.25, 0.3) is 5.91 Å². The van der Waals surface area contributed by atoms with E-state index < -0.39 is 0 Å². The van der Waals surface area contributed by atoms with Crippen LogP contribution in [0.4, 0.5) is 0 Å². The molecule has 0 spiro atoms. The number of nitrogens with zero attached hydrogens (tertiary/aromatic N) is 1. The summed E-state index contributed by atoms with van der Waals surface area (Å²) in [6.45, 7) is 7.88. The molecule has 1 aliphatic heterocycles. The monoisotopic (exact) mass is 560 g/mol. The van der Waals surface area contributed by atoms with Gasteiger partial charge in [0.1, 0.15) is 23.8 Å². The molecule has 0 saturated carbocycles. The van der Waals surface area contributed by atoms with Crippen LogP contribution in [0.25, 0.3) is 6.08 Å². The van der Waals surface area contributed by atoms with E-state index in [1.165, 1.54) is 5.56 Å². The largest absolute Gasteiger partial charge is 0.496 e. The van der Waals surface area contributed by atoms with E-state index in [4.69, 9.17) is 31.2 Å². The maximum Gasteiger partial charge on any atom is 0.276 e. The summed E-state index contributed by atoms with van der Waals surface area (Å²) >= 11 is 5.50. The number of rotatable bonds is 13. The highest BCUT2D eigenvalue weighted by atomic mass is 32.1. The molecular formula is C32H36N2O5S. The van der Waals surface area contributed by atoms with Crippen LogP contribution in [-0.2, 0) is 24.2 Å². The third kappa shape index (κ3) is 7.12. The minimum absolute atomic E-state index is 0.161. The molecule has 4 rings (SSSR count). The summed E-state index contributed by atoms with van der Waals surface area (Å²) in [5.74, 6) is 2.76. The Labute approximate surface area is 241 Å². The van der Waals surface area contributed by atoms with Crippen molar-refractivity contribution in [2.75, 3.05) is 26.9 Å². The third-order valence-corrected chi connectivity index (χ3v) is 6.86. The highest BCUT2D eigenvalue weighted by Gasteiger charge is 2.30. The first-order valence-corrected chi connectivity index (χ1v) is 14.0. The second-order valence-corrected chi connectivity index (χ2v) is 9.59. The lowest BCUT2D eigenvalue weighted by Gasteiger charge is -2.16. The van der Waals surface area contributed by atoms with E-state index in [1.807, 2.05) is 62.4 Å². The van der Waals surface area contributed by atoms with Gasteiger partial charge in [0.05, 0.1) is 20.3 Å². The van der Waals surface area contributed by atoms with Gasteiger partial charge in [0.15, 0.2) is 16.6 Å². The summed E-state index contributed by atoms with van der Waals surface area (Å²) in [5, 5.41) is 3.46. The van der Waals surface area contributed by atoms with Crippen LogP contribution in [0.5, 0.6) is 23.0 Å². The molecule has 0 radical (unpaired) electrons. The molecular weight excluding hydrogens is 524 g/mol. The summed E-state index contributed by atoms with van der Waals surface area (Å²) in [6.07, 6.45) is 3.41. The van der Waals surface area contributed by atoms with Crippen molar-refractivity contribution in [3.8, 4) is 23.0 Å². The van der Waals surface area contributed by atoms with Crippen molar-refractivity contribution in [1.29, 1.82) is 0 Å². The number of hydrogen-bond acceptors (Lipinski definition) is 6. The van der Waals surface area contributed by atoms with Crippen molar-refractivity contribution < 1.29 is 23.7 Å². The number of hydrogen-bond donors (Lipinski definition) is 1. The lowest BCUT2D eigenvalue weighted by molar-refractivity contribution is -0.122. The van der Waals surface area contributed by atoms with Crippen LogP contribution in [0.2, 0.25) is 0 Å². The normalized spacial score (nSPS) is 13.9. The molecule has 3 aromatic rings. The first-order chi connectivity index (χ1) is 19.4. The minimum atomic E-state index is -0.161. The zero-order valence-electron chi connectivity index (χ0n) is 23.5. The molecule has 0 atom stereocenters. The van der Waals surface area contributed by atoms with E-state index in [-0.39, 0.29) is 5.91 Å². The molecule has 0 bridgehead atoms. The predicted octanol–water partition coefficient (Wildman–Crippen LogP) is 5.93. The van der Waals surface area contributed by atoms with Crippen LogP contribution in [0.15, 0.2) is 66.4 Å². The third-order valence-electron chi connectivity index (χ3n) is 6.54. The zero-order valence-corrected chi connectivity index (χ0v) is 24.3. The van der Waals surface area contributed by atoms with Gasteiger partial charge in [-0.15, -0.1) is 0 Å². The number of carbonyl (C=O) groups excluding carboxylic acids is 1. The second-order valence-electron chi connectivity index (χ2n) is 9.20. The Bertz CT molecular complexity index is 1370. The molecule has 1 N–H and O–H groups in total. The fourth-order valence-corrected chi connectivity index (χ4v) is 4.70. The highest BCUT2D eigenvalue weighted by molar-refractivity contribution is 7.80. The molecule has 3 aromatic carbocycles. The minimum Gasteiger partial charge on any atom is -0.496 e. The van der Waals surface area contributed by atoms with Crippen molar-refractivity contribution in [1.82, 2.24) is 10.2 Å². The van der Waals surface area contributed by atoms with Gasteiger partial charge in [-0.3, -0.25) is 9.69 Å². The van der Waals surface area contributed by atoms with E-state index in [0.29, 0.717) is 55.1 Å². The lowest BCUT2D eigenvalue weighted by atomic mass is 10.1. The fraction of sp³-hybridized carbons (Fsp3) is 0.312. The topological polar surface area (TPSA) is 69.3 Å². The Hall–Kier alpha value is -4.04. The van der Waals surface area contributed by atoms with Crippen molar-refractivity contribution in [2.45, 2.75) is 40.2 Å². The Kier molecular flexibility index (Phi) is 10.0. The average Bonchev–Trinajstić information content (AvgIpc) is 3.23. The van der Waals surface area contributed by atoms with Gasteiger partial charge in [-0.25, -0.2) is 0 Å². The number of benzene rings is 3.